The third-order valence-corrected chi connectivity index (χ3v) is 5.06. The van der Waals surface area contributed by atoms with Gasteiger partial charge in [-0.1, -0.05) is 6.07 Å². The van der Waals surface area contributed by atoms with E-state index >= 15 is 0 Å². The molecule has 26 heavy (non-hydrogen) atoms. The number of hydrogen-bond acceptors (Lipinski definition) is 3. The van der Waals surface area contributed by atoms with Crippen LogP contribution in [-0.2, 0) is 9.53 Å². The van der Waals surface area contributed by atoms with E-state index in [0.29, 0.717) is 6.04 Å². The van der Waals surface area contributed by atoms with Gasteiger partial charge in [0.15, 0.2) is 0 Å². The van der Waals surface area contributed by atoms with Crippen LogP contribution >= 0.6 is 0 Å². The van der Waals surface area contributed by atoms with Crippen molar-refractivity contribution in [2.75, 3.05) is 6.54 Å². The molecule has 1 saturated heterocycles. The maximum Gasteiger partial charge on any atom is 0.418 e. The van der Waals surface area contributed by atoms with Crippen LogP contribution < -0.4 is 0 Å². The van der Waals surface area contributed by atoms with Gasteiger partial charge in [-0.3, -0.25) is 9.36 Å². The molecule has 2 aromatic rings. The van der Waals surface area contributed by atoms with E-state index in [-0.39, 0.29) is 12.0 Å². The number of carbonyl (C=O) groups excluding carboxylic acids is 2. The van der Waals surface area contributed by atoms with Crippen LogP contribution in [0.3, 0.4) is 0 Å². The highest BCUT2D eigenvalue weighted by Crippen LogP contribution is 2.34. The molecule has 2 aliphatic heterocycles. The number of carbonyl (C=O) groups is 2. The van der Waals surface area contributed by atoms with Gasteiger partial charge in [0.1, 0.15) is 5.60 Å². The fraction of sp³-hybridized carbons (Fsp3) is 0.429. The summed E-state index contributed by atoms with van der Waals surface area (Å²) in [5, 5.41) is 0.968. The quantitative estimate of drug-likeness (QED) is 0.773. The molecule has 5 nitrogen and oxygen atoms in total. The summed E-state index contributed by atoms with van der Waals surface area (Å²) in [6, 6.07) is 8.23. The molecule has 136 valence electrons. The summed E-state index contributed by atoms with van der Waals surface area (Å²) in [5.74, 6) is 0.125. The van der Waals surface area contributed by atoms with Crippen LogP contribution in [0.1, 0.15) is 45.6 Å². The first kappa shape index (κ1) is 16.9. The maximum absolute atomic E-state index is 12.4. The molecule has 0 spiro atoms. The van der Waals surface area contributed by atoms with Crippen molar-refractivity contribution in [3.05, 3.63) is 42.1 Å². The molecule has 0 radical (unpaired) electrons. The highest BCUT2D eigenvalue weighted by Gasteiger charge is 2.32. The maximum atomic E-state index is 12.4. The molecule has 1 aromatic heterocycles. The zero-order chi connectivity index (χ0) is 18.5. The highest BCUT2D eigenvalue weighted by atomic mass is 16.6. The van der Waals surface area contributed by atoms with Crippen LogP contribution in [0, 0.1) is 0 Å². The monoisotopic (exact) mass is 352 g/mol. The van der Waals surface area contributed by atoms with Crippen LogP contribution in [-0.4, -0.2) is 39.7 Å². The minimum Gasteiger partial charge on any atom is -0.443 e. The lowest BCUT2D eigenvalue weighted by Crippen LogP contribution is -2.37. The topological polar surface area (TPSA) is 51.5 Å². The van der Waals surface area contributed by atoms with E-state index in [0.717, 1.165) is 47.8 Å². The third kappa shape index (κ3) is 3.02. The molecule has 1 aromatic carbocycles. The van der Waals surface area contributed by atoms with Crippen molar-refractivity contribution >= 4 is 28.5 Å². The second-order valence-corrected chi connectivity index (χ2v) is 8.14. The van der Waals surface area contributed by atoms with E-state index in [1.165, 1.54) is 4.57 Å². The van der Waals surface area contributed by atoms with Gasteiger partial charge >= 0.3 is 6.09 Å². The van der Waals surface area contributed by atoms with Crippen molar-refractivity contribution in [2.45, 2.75) is 51.7 Å². The summed E-state index contributed by atoms with van der Waals surface area (Å²) in [6.07, 6.45) is 6.21. The molecule has 2 aliphatic rings. The molecule has 3 heterocycles. The Morgan fingerprint density at radius 2 is 2.04 bits per heavy atom. The highest BCUT2D eigenvalue weighted by molar-refractivity contribution is 5.99. The number of nitrogens with zero attached hydrogens (tertiary/aromatic N) is 2. The van der Waals surface area contributed by atoms with E-state index < -0.39 is 5.60 Å². The van der Waals surface area contributed by atoms with Crippen LogP contribution in [0.25, 0.3) is 16.5 Å². The van der Waals surface area contributed by atoms with Crippen molar-refractivity contribution < 1.29 is 14.3 Å². The molecule has 1 fully saturated rings. The Labute approximate surface area is 153 Å². The Kier molecular flexibility index (Phi) is 3.90. The van der Waals surface area contributed by atoms with Gasteiger partial charge in [0, 0.05) is 30.2 Å². The molecule has 5 heteroatoms. The SMILES string of the molecule is CC(C)(C)OC(=O)n1ccc2cc(C3=CC(=O)N4CCC[C@H]4C3)ccc21. The fourth-order valence-electron chi connectivity index (χ4n) is 3.90. The molecule has 0 N–H and O–H groups in total. The van der Waals surface area contributed by atoms with E-state index in [1.54, 1.807) is 12.3 Å². The largest absolute Gasteiger partial charge is 0.443 e. The molecular weight excluding hydrogens is 328 g/mol. The van der Waals surface area contributed by atoms with E-state index in [1.807, 2.05) is 43.9 Å². The van der Waals surface area contributed by atoms with Crippen molar-refractivity contribution in [2.24, 2.45) is 0 Å². The van der Waals surface area contributed by atoms with Gasteiger partial charge in [0.05, 0.1) is 5.52 Å². The minimum absolute atomic E-state index is 0.125. The summed E-state index contributed by atoms with van der Waals surface area (Å²) < 4.78 is 6.99. The van der Waals surface area contributed by atoms with Crippen molar-refractivity contribution in [1.82, 2.24) is 9.47 Å². The van der Waals surface area contributed by atoms with Gasteiger partial charge in [-0.2, -0.15) is 0 Å². The fourth-order valence-corrected chi connectivity index (χ4v) is 3.90. The summed E-state index contributed by atoms with van der Waals surface area (Å²) in [7, 11) is 0. The normalized spacial score (nSPS) is 20.3. The zero-order valence-corrected chi connectivity index (χ0v) is 15.5. The number of ether oxygens (including phenoxy) is 1. The lowest BCUT2D eigenvalue weighted by atomic mass is 9.93. The van der Waals surface area contributed by atoms with E-state index in [4.69, 9.17) is 4.74 Å². The van der Waals surface area contributed by atoms with Crippen LogP contribution in [0.4, 0.5) is 4.79 Å². The Morgan fingerprint density at radius 3 is 2.81 bits per heavy atom. The summed E-state index contributed by atoms with van der Waals surface area (Å²) in [6.45, 7) is 6.44. The van der Waals surface area contributed by atoms with Gasteiger partial charge in [0.25, 0.3) is 0 Å². The lowest BCUT2D eigenvalue weighted by Gasteiger charge is -2.29. The summed E-state index contributed by atoms with van der Waals surface area (Å²) >= 11 is 0. The van der Waals surface area contributed by atoms with E-state index in [9.17, 15) is 9.59 Å². The van der Waals surface area contributed by atoms with Crippen molar-refractivity contribution in [1.29, 1.82) is 0 Å². The molecule has 0 aliphatic carbocycles. The van der Waals surface area contributed by atoms with Gasteiger partial charge < -0.3 is 9.64 Å². The van der Waals surface area contributed by atoms with Gasteiger partial charge in [-0.15, -0.1) is 0 Å². The van der Waals surface area contributed by atoms with Crippen molar-refractivity contribution in [3.8, 4) is 0 Å². The van der Waals surface area contributed by atoms with Crippen LogP contribution in [0.15, 0.2) is 36.5 Å². The number of benzene rings is 1. The second-order valence-electron chi connectivity index (χ2n) is 8.14. The second kappa shape index (κ2) is 6.01. The van der Waals surface area contributed by atoms with Gasteiger partial charge in [-0.25, -0.2) is 4.79 Å². The first-order valence-electron chi connectivity index (χ1n) is 9.18. The van der Waals surface area contributed by atoms with Crippen LogP contribution in [0.2, 0.25) is 0 Å². The number of hydrogen-bond donors (Lipinski definition) is 0. The number of rotatable bonds is 1. The standard InChI is InChI=1S/C21H24N2O3/c1-21(2,3)26-20(25)23-10-8-15-11-14(6-7-18(15)23)16-12-17-5-4-9-22(17)19(24)13-16/h6-8,10-11,13,17H,4-5,9,12H2,1-3H3/t17-/m0/s1. The molecular formula is C21H24N2O3. The van der Waals surface area contributed by atoms with Crippen molar-refractivity contribution in [3.63, 3.8) is 0 Å². The Bertz CT molecular complexity index is 917. The Balaban J connectivity index is 1.64. The molecule has 4 rings (SSSR count). The molecule has 0 bridgehead atoms. The zero-order valence-electron chi connectivity index (χ0n) is 15.5. The number of amides is 1. The number of aromatic nitrogens is 1. The van der Waals surface area contributed by atoms with Gasteiger partial charge in [-0.05, 0) is 69.4 Å². The average molecular weight is 352 g/mol. The Hall–Kier alpha value is -2.56. The predicted molar refractivity (Wildman–Crippen MR) is 101 cm³/mol. The molecule has 0 unspecified atom stereocenters. The first-order chi connectivity index (χ1) is 12.3. The summed E-state index contributed by atoms with van der Waals surface area (Å²) in [4.78, 5) is 26.7. The number of fused-ring (bicyclic) bond motifs is 2. The van der Waals surface area contributed by atoms with Crippen LogP contribution in [0.5, 0.6) is 0 Å². The molecule has 1 atom stereocenters. The molecule has 1 amide bonds. The smallest absolute Gasteiger partial charge is 0.418 e. The predicted octanol–water partition coefficient (Wildman–Crippen LogP) is 4.20. The van der Waals surface area contributed by atoms with Gasteiger partial charge in [0.2, 0.25) is 5.91 Å². The summed E-state index contributed by atoms with van der Waals surface area (Å²) in [5.41, 5.74) is 2.42. The first-order valence-corrected chi connectivity index (χ1v) is 9.18. The minimum atomic E-state index is -0.534. The van der Waals surface area contributed by atoms with E-state index in [2.05, 4.69) is 6.07 Å². The molecule has 0 saturated carbocycles. The average Bonchev–Trinajstić information content (AvgIpc) is 3.19. The third-order valence-electron chi connectivity index (χ3n) is 5.06. The Morgan fingerprint density at radius 1 is 1.23 bits per heavy atom. The lowest BCUT2D eigenvalue weighted by molar-refractivity contribution is -0.127.